The second kappa shape index (κ2) is 3.53. The molecule has 14 heavy (non-hydrogen) atoms. The maximum absolute atomic E-state index is 12.7. The molecule has 0 amide bonds. The number of hydrogen-bond donors (Lipinski definition) is 1. The quantitative estimate of drug-likeness (QED) is 0.709. The molecule has 0 aliphatic rings. The Balaban J connectivity index is 3.32. The first kappa shape index (κ1) is 10.9. The predicted octanol–water partition coefficient (Wildman–Crippen LogP) is 2.48. The zero-order chi connectivity index (χ0) is 10.9. The van der Waals surface area contributed by atoms with Crippen molar-refractivity contribution in [3.8, 4) is 0 Å². The van der Waals surface area contributed by atoms with Gasteiger partial charge in [-0.3, -0.25) is 0 Å². The maximum Gasteiger partial charge on any atom is 0.419 e. The molecule has 0 fully saturated rings. The van der Waals surface area contributed by atoms with Crippen molar-refractivity contribution >= 4 is 0 Å². The van der Waals surface area contributed by atoms with E-state index in [-0.39, 0.29) is 12.1 Å². The van der Waals surface area contributed by atoms with E-state index in [4.69, 9.17) is 5.11 Å². The molecule has 0 bridgehead atoms. The van der Waals surface area contributed by atoms with Gasteiger partial charge in [0.15, 0.2) is 0 Å². The van der Waals surface area contributed by atoms with E-state index >= 15 is 0 Å². The highest BCUT2D eigenvalue weighted by Crippen LogP contribution is 2.32. The molecule has 1 aromatic carbocycles. The smallest absolute Gasteiger partial charge is 0.392 e. The molecule has 0 heterocycles. The van der Waals surface area contributed by atoms with E-state index in [1.165, 1.54) is 0 Å². The molecule has 0 spiro atoms. The fourth-order valence-electron chi connectivity index (χ4n) is 0.932. The van der Waals surface area contributed by atoms with Crippen molar-refractivity contribution in [3.63, 3.8) is 0 Å². The number of halogens is 5. The Morgan fingerprint density at radius 3 is 2.07 bits per heavy atom. The average Bonchev–Trinajstić information content (AvgIpc) is 2.02. The molecule has 0 saturated heterocycles. The Kier molecular flexibility index (Phi) is 2.75. The van der Waals surface area contributed by atoms with Gasteiger partial charge in [-0.2, -0.15) is 13.2 Å². The summed E-state index contributed by atoms with van der Waals surface area (Å²) in [6, 6.07) is 0.360. The maximum atomic E-state index is 12.7. The number of rotatable bonds is 1. The molecule has 0 radical (unpaired) electrons. The molecule has 1 rings (SSSR count). The van der Waals surface area contributed by atoms with Gasteiger partial charge >= 0.3 is 6.18 Å². The van der Waals surface area contributed by atoms with Crippen LogP contribution in [0.5, 0.6) is 0 Å². The monoisotopic (exact) mass is 212 g/mol. The van der Waals surface area contributed by atoms with Crippen LogP contribution in [0.25, 0.3) is 0 Å². The van der Waals surface area contributed by atoms with Crippen LogP contribution in [-0.4, -0.2) is 5.11 Å². The molecule has 0 aromatic heterocycles. The van der Waals surface area contributed by atoms with E-state index in [9.17, 15) is 22.0 Å². The standard InChI is InChI=1S/C8H5F5O/c9-6-2-7(10)5(8(11,12)13)1-4(6)3-14/h1-2,14H,3H2. The zero-order valence-electron chi connectivity index (χ0n) is 6.70. The molecule has 6 heteroatoms. The van der Waals surface area contributed by atoms with E-state index in [0.717, 1.165) is 0 Å². The van der Waals surface area contributed by atoms with Crippen molar-refractivity contribution in [2.45, 2.75) is 12.8 Å². The van der Waals surface area contributed by atoms with Crippen LogP contribution in [-0.2, 0) is 12.8 Å². The number of benzene rings is 1. The van der Waals surface area contributed by atoms with E-state index in [2.05, 4.69) is 0 Å². The lowest BCUT2D eigenvalue weighted by Gasteiger charge is -2.09. The molecule has 1 aromatic rings. The largest absolute Gasteiger partial charge is 0.419 e. The summed E-state index contributed by atoms with van der Waals surface area (Å²) in [6.07, 6.45) is -4.89. The summed E-state index contributed by atoms with van der Waals surface area (Å²) in [4.78, 5) is 0. The fourth-order valence-corrected chi connectivity index (χ4v) is 0.932. The molecule has 0 atom stereocenters. The highest BCUT2D eigenvalue weighted by Gasteiger charge is 2.34. The molecule has 0 saturated carbocycles. The van der Waals surface area contributed by atoms with Gasteiger partial charge in [0.05, 0.1) is 12.2 Å². The minimum atomic E-state index is -4.89. The molecular weight excluding hydrogens is 207 g/mol. The summed E-state index contributed by atoms with van der Waals surface area (Å²) in [5, 5.41) is 8.47. The van der Waals surface area contributed by atoms with E-state index < -0.39 is 35.5 Å². The van der Waals surface area contributed by atoms with Gasteiger partial charge in [-0.15, -0.1) is 0 Å². The second-order valence-corrected chi connectivity index (χ2v) is 2.58. The van der Waals surface area contributed by atoms with Crippen LogP contribution in [0.3, 0.4) is 0 Å². The highest BCUT2D eigenvalue weighted by molar-refractivity contribution is 5.28. The summed E-state index contributed by atoms with van der Waals surface area (Å²) < 4.78 is 61.4. The first-order chi connectivity index (χ1) is 6.36. The molecule has 1 nitrogen and oxygen atoms in total. The van der Waals surface area contributed by atoms with Crippen molar-refractivity contribution in [2.24, 2.45) is 0 Å². The molecular formula is C8H5F5O. The zero-order valence-corrected chi connectivity index (χ0v) is 6.70. The van der Waals surface area contributed by atoms with Gasteiger partial charge < -0.3 is 5.11 Å². The van der Waals surface area contributed by atoms with Gasteiger partial charge in [-0.1, -0.05) is 0 Å². The average molecular weight is 212 g/mol. The highest BCUT2D eigenvalue weighted by atomic mass is 19.4. The summed E-state index contributed by atoms with van der Waals surface area (Å²) in [7, 11) is 0. The summed E-state index contributed by atoms with van der Waals surface area (Å²) in [6.45, 7) is -0.908. The number of aliphatic hydroxyl groups excluding tert-OH is 1. The molecule has 0 unspecified atom stereocenters. The van der Waals surface area contributed by atoms with Crippen LogP contribution in [0, 0.1) is 11.6 Å². The van der Waals surface area contributed by atoms with Crippen molar-refractivity contribution in [2.75, 3.05) is 0 Å². The minimum absolute atomic E-state index is 0.106. The van der Waals surface area contributed by atoms with Crippen LogP contribution in [0.1, 0.15) is 11.1 Å². The SMILES string of the molecule is OCc1cc(C(F)(F)F)c(F)cc1F. The first-order valence-electron chi connectivity index (χ1n) is 3.52. The lowest BCUT2D eigenvalue weighted by atomic mass is 10.1. The third kappa shape index (κ3) is 2.01. The number of hydrogen-bond acceptors (Lipinski definition) is 1. The number of aliphatic hydroxyl groups is 1. The topological polar surface area (TPSA) is 20.2 Å². The minimum Gasteiger partial charge on any atom is -0.392 e. The Morgan fingerprint density at radius 1 is 1.07 bits per heavy atom. The normalized spacial score (nSPS) is 11.9. The van der Waals surface area contributed by atoms with Crippen molar-refractivity contribution in [1.29, 1.82) is 0 Å². The third-order valence-corrected chi connectivity index (χ3v) is 1.61. The van der Waals surface area contributed by atoms with Gasteiger partial charge in [0.2, 0.25) is 0 Å². The second-order valence-electron chi connectivity index (χ2n) is 2.58. The summed E-state index contributed by atoms with van der Waals surface area (Å²) in [5.74, 6) is -2.88. The van der Waals surface area contributed by atoms with Gasteiger partial charge in [-0.05, 0) is 6.07 Å². The summed E-state index contributed by atoms with van der Waals surface area (Å²) in [5.41, 5.74) is -2.17. The van der Waals surface area contributed by atoms with Crippen LogP contribution in [0.2, 0.25) is 0 Å². The molecule has 0 aliphatic heterocycles. The molecule has 1 N–H and O–H groups in total. The Hall–Kier alpha value is -1.17. The Morgan fingerprint density at radius 2 is 1.64 bits per heavy atom. The number of alkyl halides is 3. The van der Waals surface area contributed by atoms with Crippen LogP contribution >= 0.6 is 0 Å². The third-order valence-electron chi connectivity index (χ3n) is 1.61. The molecule has 0 aliphatic carbocycles. The van der Waals surface area contributed by atoms with Gasteiger partial charge in [0, 0.05) is 11.6 Å². The van der Waals surface area contributed by atoms with E-state index in [0.29, 0.717) is 0 Å². The molecule has 78 valence electrons. The van der Waals surface area contributed by atoms with Crippen LogP contribution in [0.15, 0.2) is 12.1 Å². The van der Waals surface area contributed by atoms with Gasteiger partial charge in [-0.25, -0.2) is 8.78 Å². The van der Waals surface area contributed by atoms with Crippen molar-refractivity contribution in [3.05, 3.63) is 34.9 Å². The summed E-state index contributed by atoms with van der Waals surface area (Å²) >= 11 is 0. The van der Waals surface area contributed by atoms with Crippen molar-refractivity contribution < 1.29 is 27.1 Å². The first-order valence-corrected chi connectivity index (χ1v) is 3.52. The fraction of sp³-hybridized carbons (Fsp3) is 0.250. The van der Waals surface area contributed by atoms with Crippen LogP contribution < -0.4 is 0 Å². The van der Waals surface area contributed by atoms with Gasteiger partial charge in [0.25, 0.3) is 0 Å². The lowest BCUT2D eigenvalue weighted by Crippen LogP contribution is -2.10. The Labute approximate surface area is 75.8 Å². The van der Waals surface area contributed by atoms with E-state index in [1.807, 2.05) is 0 Å². The van der Waals surface area contributed by atoms with E-state index in [1.54, 1.807) is 0 Å². The Bertz CT molecular complexity index is 344. The van der Waals surface area contributed by atoms with Gasteiger partial charge in [0.1, 0.15) is 11.6 Å². The predicted molar refractivity (Wildman–Crippen MR) is 37.3 cm³/mol. The van der Waals surface area contributed by atoms with Crippen LogP contribution in [0.4, 0.5) is 22.0 Å². The van der Waals surface area contributed by atoms with Crippen molar-refractivity contribution in [1.82, 2.24) is 0 Å². The lowest BCUT2D eigenvalue weighted by molar-refractivity contribution is -0.140.